The minimum atomic E-state index is -0.466. The second kappa shape index (κ2) is 7.40. The summed E-state index contributed by atoms with van der Waals surface area (Å²) >= 11 is 0. The van der Waals surface area contributed by atoms with E-state index < -0.39 is 5.60 Å². The van der Waals surface area contributed by atoms with Crippen molar-refractivity contribution in [2.45, 2.75) is 39.7 Å². The van der Waals surface area contributed by atoms with Crippen molar-refractivity contribution in [3.63, 3.8) is 0 Å². The van der Waals surface area contributed by atoms with Crippen LogP contribution in [-0.4, -0.2) is 53.0 Å². The minimum absolute atomic E-state index is 0.231. The van der Waals surface area contributed by atoms with Crippen LogP contribution in [0.3, 0.4) is 0 Å². The van der Waals surface area contributed by atoms with Crippen molar-refractivity contribution in [1.29, 1.82) is 0 Å². The highest BCUT2D eigenvalue weighted by Crippen LogP contribution is 2.29. The lowest BCUT2D eigenvalue weighted by Gasteiger charge is -2.26. The molecule has 1 N–H and O–H groups in total. The molecule has 3 rings (SSSR count). The molecule has 26 heavy (non-hydrogen) atoms. The highest BCUT2D eigenvalue weighted by Gasteiger charge is 2.25. The predicted octanol–water partition coefficient (Wildman–Crippen LogP) is 3.83. The molecule has 0 atom stereocenters. The number of amides is 1. The summed E-state index contributed by atoms with van der Waals surface area (Å²) < 4.78 is 5.51. The third-order valence-electron chi connectivity index (χ3n) is 4.41. The van der Waals surface area contributed by atoms with Gasteiger partial charge in [-0.3, -0.25) is 5.10 Å². The molecule has 6 heteroatoms. The maximum atomic E-state index is 12.4. The van der Waals surface area contributed by atoms with E-state index in [1.54, 1.807) is 4.90 Å². The van der Waals surface area contributed by atoms with Gasteiger partial charge >= 0.3 is 6.09 Å². The summed E-state index contributed by atoms with van der Waals surface area (Å²) in [7, 11) is 0. The number of anilines is 1. The molecule has 1 aromatic heterocycles. The minimum Gasteiger partial charge on any atom is -0.444 e. The summed E-state index contributed by atoms with van der Waals surface area (Å²) in [6, 6.07) is 8.39. The molecular formula is C20H28N4O2. The van der Waals surface area contributed by atoms with Gasteiger partial charge in [-0.15, -0.1) is 0 Å². The Labute approximate surface area is 155 Å². The van der Waals surface area contributed by atoms with Gasteiger partial charge in [0.25, 0.3) is 0 Å². The molecule has 2 aromatic rings. The van der Waals surface area contributed by atoms with Crippen LogP contribution >= 0.6 is 0 Å². The standard InChI is InChI=1S/C20H28N4O2/c1-15-7-5-8-16(13-15)18-17(14-21-22-18)23-9-6-10-24(12-11-23)19(25)26-20(2,3)4/h5,7-8,13-14H,6,9-12H2,1-4H3,(H,21,22). The molecule has 1 amide bonds. The molecule has 1 aliphatic heterocycles. The van der Waals surface area contributed by atoms with Crippen molar-refractivity contribution in [3.8, 4) is 11.3 Å². The molecule has 1 fully saturated rings. The first-order chi connectivity index (χ1) is 12.3. The Balaban J connectivity index is 1.73. The van der Waals surface area contributed by atoms with Crippen LogP contribution in [0.25, 0.3) is 11.3 Å². The average Bonchev–Trinajstić information content (AvgIpc) is 2.91. The highest BCUT2D eigenvalue weighted by molar-refractivity contribution is 5.75. The summed E-state index contributed by atoms with van der Waals surface area (Å²) in [5.41, 5.74) is 3.99. The molecule has 0 aliphatic carbocycles. The Morgan fingerprint density at radius 2 is 2.00 bits per heavy atom. The first-order valence-electron chi connectivity index (χ1n) is 9.17. The van der Waals surface area contributed by atoms with Gasteiger partial charge in [-0.2, -0.15) is 5.10 Å². The third-order valence-corrected chi connectivity index (χ3v) is 4.41. The van der Waals surface area contributed by atoms with Crippen LogP contribution in [0.1, 0.15) is 32.8 Å². The van der Waals surface area contributed by atoms with E-state index in [4.69, 9.17) is 4.74 Å². The first-order valence-corrected chi connectivity index (χ1v) is 9.17. The molecule has 0 unspecified atom stereocenters. The summed E-state index contributed by atoms with van der Waals surface area (Å²) in [5.74, 6) is 0. The number of aromatic nitrogens is 2. The number of carbonyl (C=O) groups is 1. The third kappa shape index (κ3) is 4.36. The molecule has 0 saturated carbocycles. The highest BCUT2D eigenvalue weighted by atomic mass is 16.6. The van der Waals surface area contributed by atoms with Gasteiger partial charge in [0.05, 0.1) is 17.6 Å². The number of benzene rings is 1. The molecule has 0 bridgehead atoms. The number of nitrogens with one attached hydrogen (secondary N) is 1. The number of rotatable bonds is 2. The van der Waals surface area contributed by atoms with Crippen LogP contribution in [0.5, 0.6) is 0 Å². The van der Waals surface area contributed by atoms with Gasteiger partial charge in [0.2, 0.25) is 0 Å². The molecular weight excluding hydrogens is 328 g/mol. The van der Waals surface area contributed by atoms with Gasteiger partial charge in [-0.25, -0.2) is 4.79 Å². The number of hydrogen-bond donors (Lipinski definition) is 1. The predicted molar refractivity (Wildman–Crippen MR) is 103 cm³/mol. The zero-order valence-electron chi connectivity index (χ0n) is 16.1. The van der Waals surface area contributed by atoms with E-state index in [9.17, 15) is 4.79 Å². The summed E-state index contributed by atoms with van der Waals surface area (Å²) in [5, 5.41) is 7.40. The molecule has 1 saturated heterocycles. The SMILES string of the molecule is Cc1cccc(-c2[nH]ncc2N2CCCN(C(=O)OC(C)(C)C)CC2)c1. The van der Waals surface area contributed by atoms with E-state index >= 15 is 0 Å². The van der Waals surface area contributed by atoms with Crippen LogP contribution in [0.15, 0.2) is 30.5 Å². The Morgan fingerprint density at radius 1 is 1.19 bits per heavy atom. The Bertz CT molecular complexity index is 763. The lowest BCUT2D eigenvalue weighted by atomic mass is 10.1. The molecule has 140 valence electrons. The Hall–Kier alpha value is -2.50. The number of ether oxygens (including phenoxy) is 1. The van der Waals surface area contributed by atoms with Gasteiger partial charge in [0.15, 0.2) is 0 Å². The second-order valence-electron chi connectivity index (χ2n) is 7.81. The van der Waals surface area contributed by atoms with E-state index in [1.807, 2.05) is 27.0 Å². The van der Waals surface area contributed by atoms with Crippen molar-refractivity contribution in [2.24, 2.45) is 0 Å². The van der Waals surface area contributed by atoms with Gasteiger partial charge in [0.1, 0.15) is 5.60 Å². The van der Waals surface area contributed by atoms with Crippen LogP contribution in [0.2, 0.25) is 0 Å². The van der Waals surface area contributed by atoms with Crippen molar-refractivity contribution in [1.82, 2.24) is 15.1 Å². The number of H-pyrrole nitrogens is 1. The second-order valence-corrected chi connectivity index (χ2v) is 7.81. The maximum absolute atomic E-state index is 12.4. The van der Waals surface area contributed by atoms with Crippen molar-refractivity contribution >= 4 is 11.8 Å². The summed E-state index contributed by atoms with van der Waals surface area (Å²) in [6.45, 7) is 10.8. The maximum Gasteiger partial charge on any atom is 0.410 e. The van der Waals surface area contributed by atoms with Gasteiger partial charge in [-0.1, -0.05) is 23.8 Å². The molecule has 6 nitrogen and oxygen atoms in total. The zero-order valence-corrected chi connectivity index (χ0v) is 16.1. The van der Waals surface area contributed by atoms with Crippen LogP contribution < -0.4 is 4.90 Å². The van der Waals surface area contributed by atoms with Crippen molar-refractivity contribution < 1.29 is 9.53 Å². The van der Waals surface area contributed by atoms with E-state index in [1.165, 1.54) is 5.56 Å². The molecule has 0 spiro atoms. The van der Waals surface area contributed by atoms with E-state index in [2.05, 4.69) is 46.3 Å². The lowest BCUT2D eigenvalue weighted by molar-refractivity contribution is 0.0263. The normalized spacial score (nSPS) is 15.7. The van der Waals surface area contributed by atoms with Gasteiger partial charge < -0.3 is 14.5 Å². The lowest BCUT2D eigenvalue weighted by Crippen LogP contribution is -2.39. The zero-order chi connectivity index (χ0) is 18.7. The molecule has 1 aromatic carbocycles. The van der Waals surface area contributed by atoms with Crippen molar-refractivity contribution in [3.05, 3.63) is 36.0 Å². The number of aromatic amines is 1. The van der Waals surface area contributed by atoms with Crippen LogP contribution in [0, 0.1) is 6.92 Å². The number of nitrogens with zero attached hydrogens (tertiary/aromatic N) is 3. The first kappa shape index (κ1) is 18.3. The smallest absolute Gasteiger partial charge is 0.410 e. The summed E-state index contributed by atoms with van der Waals surface area (Å²) in [6.07, 6.45) is 2.55. The van der Waals surface area contributed by atoms with E-state index in [0.29, 0.717) is 13.1 Å². The van der Waals surface area contributed by atoms with Gasteiger partial charge in [0, 0.05) is 31.7 Å². The Kier molecular flexibility index (Phi) is 5.20. The fourth-order valence-electron chi connectivity index (χ4n) is 3.20. The van der Waals surface area contributed by atoms with Crippen LogP contribution in [0.4, 0.5) is 10.5 Å². The number of hydrogen-bond acceptors (Lipinski definition) is 4. The number of carbonyl (C=O) groups excluding carboxylic acids is 1. The fraction of sp³-hybridized carbons (Fsp3) is 0.500. The summed E-state index contributed by atoms with van der Waals surface area (Å²) in [4.78, 5) is 16.5. The molecule has 1 aliphatic rings. The molecule has 0 radical (unpaired) electrons. The van der Waals surface area contributed by atoms with E-state index in [0.717, 1.165) is 36.5 Å². The molecule has 2 heterocycles. The number of aryl methyl sites for hydroxylation is 1. The fourth-order valence-corrected chi connectivity index (χ4v) is 3.20. The average molecular weight is 356 g/mol. The Morgan fingerprint density at radius 3 is 2.73 bits per heavy atom. The quantitative estimate of drug-likeness (QED) is 0.888. The van der Waals surface area contributed by atoms with E-state index in [-0.39, 0.29) is 6.09 Å². The monoisotopic (exact) mass is 356 g/mol. The van der Waals surface area contributed by atoms with Crippen LogP contribution in [-0.2, 0) is 4.74 Å². The topological polar surface area (TPSA) is 61.5 Å². The largest absolute Gasteiger partial charge is 0.444 e. The van der Waals surface area contributed by atoms with Gasteiger partial charge in [-0.05, 0) is 40.2 Å². The van der Waals surface area contributed by atoms with Crippen molar-refractivity contribution in [2.75, 3.05) is 31.1 Å².